The van der Waals surface area contributed by atoms with Gasteiger partial charge in [0.05, 0.1) is 0 Å². The third kappa shape index (κ3) is 6.67. The summed E-state index contributed by atoms with van der Waals surface area (Å²) in [5.74, 6) is 0.451. The average Bonchev–Trinajstić information content (AvgIpc) is 2.57. The summed E-state index contributed by atoms with van der Waals surface area (Å²) in [6.07, 6.45) is 0. The minimum Gasteiger partial charge on any atom is -0.337 e. The molecule has 0 aliphatic carbocycles. The summed E-state index contributed by atoms with van der Waals surface area (Å²) in [6.45, 7) is 13.9. The minimum atomic E-state index is 0.0473. The number of urea groups is 1. The number of carbonyl (C=O) groups excluding carboxylic acids is 1. The Kier molecular flexibility index (Phi) is 7.72. The molecule has 5 nitrogen and oxygen atoms in total. The van der Waals surface area contributed by atoms with Crippen molar-refractivity contribution < 1.29 is 4.79 Å². The summed E-state index contributed by atoms with van der Waals surface area (Å²) in [4.78, 5) is 19.4. The fraction of sp³-hybridized carbons (Fsp3) is 0.650. The van der Waals surface area contributed by atoms with Crippen molar-refractivity contribution in [2.24, 2.45) is 5.92 Å². The Hall–Kier alpha value is -1.59. The first-order valence-corrected chi connectivity index (χ1v) is 9.44. The van der Waals surface area contributed by atoms with Crippen LogP contribution in [-0.4, -0.2) is 73.6 Å². The standard InChI is InChI=1S/C20H34N4O/c1-17(2)15-24(16-19-8-6-5-7-18(19)3)20(25)21-9-10-23-13-11-22(4)12-14-23/h5-8,17H,9-16H2,1-4H3,(H,21,25). The third-order valence-electron chi connectivity index (χ3n) is 4.80. The molecule has 0 atom stereocenters. The fourth-order valence-corrected chi connectivity index (χ4v) is 3.16. The van der Waals surface area contributed by atoms with Crippen LogP contribution in [0, 0.1) is 12.8 Å². The largest absolute Gasteiger partial charge is 0.337 e. The summed E-state index contributed by atoms with van der Waals surface area (Å²) < 4.78 is 0. The van der Waals surface area contributed by atoms with Crippen LogP contribution in [-0.2, 0) is 6.54 Å². The van der Waals surface area contributed by atoms with Gasteiger partial charge < -0.3 is 15.1 Å². The Labute approximate surface area is 153 Å². The van der Waals surface area contributed by atoms with Gasteiger partial charge >= 0.3 is 6.03 Å². The van der Waals surface area contributed by atoms with Crippen LogP contribution in [0.5, 0.6) is 0 Å². The van der Waals surface area contributed by atoms with Crippen LogP contribution < -0.4 is 5.32 Å². The highest BCUT2D eigenvalue weighted by Crippen LogP contribution is 2.12. The van der Waals surface area contributed by atoms with Gasteiger partial charge in [0.25, 0.3) is 0 Å². The number of hydrogen-bond acceptors (Lipinski definition) is 3. The molecule has 0 spiro atoms. The first-order valence-electron chi connectivity index (χ1n) is 9.44. The zero-order valence-corrected chi connectivity index (χ0v) is 16.3. The van der Waals surface area contributed by atoms with Crippen LogP contribution in [0.2, 0.25) is 0 Å². The molecule has 1 saturated heterocycles. The number of hydrogen-bond donors (Lipinski definition) is 1. The van der Waals surface area contributed by atoms with E-state index in [0.29, 0.717) is 19.0 Å². The molecular weight excluding hydrogens is 312 g/mol. The van der Waals surface area contributed by atoms with Crippen molar-refractivity contribution in [1.29, 1.82) is 0 Å². The van der Waals surface area contributed by atoms with Gasteiger partial charge in [-0.2, -0.15) is 0 Å². The Morgan fingerprint density at radius 2 is 1.88 bits per heavy atom. The van der Waals surface area contributed by atoms with Gasteiger partial charge in [-0.05, 0) is 31.0 Å². The lowest BCUT2D eigenvalue weighted by atomic mass is 10.1. The summed E-state index contributed by atoms with van der Waals surface area (Å²) in [5, 5.41) is 3.12. The van der Waals surface area contributed by atoms with E-state index >= 15 is 0 Å². The summed E-state index contributed by atoms with van der Waals surface area (Å²) in [6, 6.07) is 8.35. The summed E-state index contributed by atoms with van der Waals surface area (Å²) in [7, 11) is 2.16. The Morgan fingerprint density at radius 1 is 1.20 bits per heavy atom. The Bertz CT molecular complexity index is 538. The number of rotatable bonds is 7. The molecule has 0 saturated carbocycles. The van der Waals surface area contributed by atoms with E-state index in [-0.39, 0.29) is 6.03 Å². The molecule has 1 aliphatic rings. The molecule has 1 N–H and O–H groups in total. The molecule has 5 heteroatoms. The lowest BCUT2D eigenvalue weighted by molar-refractivity contribution is 0.151. The molecule has 0 aromatic heterocycles. The van der Waals surface area contributed by atoms with Crippen LogP contribution in [0.1, 0.15) is 25.0 Å². The van der Waals surface area contributed by atoms with E-state index < -0.39 is 0 Å². The van der Waals surface area contributed by atoms with Gasteiger partial charge in [0.2, 0.25) is 0 Å². The van der Waals surface area contributed by atoms with Gasteiger partial charge in [-0.3, -0.25) is 4.90 Å². The summed E-state index contributed by atoms with van der Waals surface area (Å²) in [5.41, 5.74) is 2.46. The number of carbonyl (C=O) groups is 1. The van der Waals surface area contributed by atoms with E-state index in [1.54, 1.807) is 0 Å². The minimum absolute atomic E-state index is 0.0473. The van der Waals surface area contributed by atoms with Gasteiger partial charge in [-0.1, -0.05) is 38.1 Å². The average molecular weight is 347 g/mol. The molecule has 0 radical (unpaired) electrons. The number of amides is 2. The van der Waals surface area contributed by atoms with Crippen LogP contribution >= 0.6 is 0 Å². The maximum atomic E-state index is 12.7. The topological polar surface area (TPSA) is 38.8 Å². The van der Waals surface area contributed by atoms with Crippen LogP contribution in [0.25, 0.3) is 0 Å². The highest BCUT2D eigenvalue weighted by Gasteiger charge is 2.17. The second kappa shape index (κ2) is 9.78. The molecule has 1 fully saturated rings. The Balaban J connectivity index is 1.84. The maximum Gasteiger partial charge on any atom is 0.317 e. The van der Waals surface area contributed by atoms with Crippen molar-refractivity contribution in [1.82, 2.24) is 20.0 Å². The molecule has 1 aromatic carbocycles. The molecule has 1 heterocycles. The lowest BCUT2D eigenvalue weighted by Gasteiger charge is -2.32. The second-order valence-electron chi connectivity index (χ2n) is 7.58. The Morgan fingerprint density at radius 3 is 2.52 bits per heavy atom. The molecular formula is C20H34N4O. The monoisotopic (exact) mass is 346 g/mol. The van der Waals surface area contributed by atoms with Crippen molar-refractivity contribution in [3.8, 4) is 0 Å². The van der Waals surface area contributed by atoms with Gasteiger partial charge in [-0.25, -0.2) is 4.79 Å². The first-order chi connectivity index (χ1) is 12.0. The SMILES string of the molecule is Cc1ccccc1CN(CC(C)C)C(=O)NCCN1CCN(C)CC1. The van der Waals surface area contributed by atoms with Crippen molar-refractivity contribution >= 4 is 6.03 Å². The van der Waals surface area contributed by atoms with Gasteiger partial charge in [0.1, 0.15) is 0 Å². The number of piperazine rings is 1. The number of likely N-dealkylation sites (N-methyl/N-ethyl adjacent to an activating group) is 1. The van der Waals surface area contributed by atoms with E-state index in [2.05, 4.69) is 55.1 Å². The molecule has 0 unspecified atom stereocenters. The predicted molar refractivity (Wildman–Crippen MR) is 104 cm³/mol. The molecule has 1 aromatic rings. The van der Waals surface area contributed by atoms with Gasteiger partial charge in [-0.15, -0.1) is 0 Å². The normalized spacial score (nSPS) is 16.2. The number of aryl methyl sites for hydroxylation is 1. The van der Waals surface area contributed by atoms with E-state index in [1.807, 2.05) is 17.0 Å². The summed E-state index contributed by atoms with van der Waals surface area (Å²) >= 11 is 0. The van der Waals surface area contributed by atoms with E-state index in [4.69, 9.17) is 0 Å². The van der Waals surface area contributed by atoms with E-state index in [1.165, 1.54) is 11.1 Å². The van der Waals surface area contributed by atoms with E-state index in [0.717, 1.165) is 39.3 Å². The lowest BCUT2D eigenvalue weighted by Crippen LogP contribution is -2.48. The molecule has 140 valence electrons. The molecule has 1 aliphatic heterocycles. The third-order valence-corrected chi connectivity index (χ3v) is 4.80. The second-order valence-corrected chi connectivity index (χ2v) is 7.58. The van der Waals surface area contributed by atoms with Crippen LogP contribution in [0.3, 0.4) is 0 Å². The van der Waals surface area contributed by atoms with Gasteiger partial charge in [0, 0.05) is 52.4 Å². The molecule has 25 heavy (non-hydrogen) atoms. The zero-order valence-electron chi connectivity index (χ0n) is 16.3. The van der Waals surface area contributed by atoms with Crippen LogP contribution in [0.4, 0.5) is 4.79 Å². The highest BCUT2D eigenvalue weighted by molar-refractivity contribution is 5.74. The van der Waals surface area contributed by atoms with Crippen molar-refractivity contribution in [2.75, 3.05) is 52.9 Å². The van der Waals surface area contributed by atoms with Crippen LogP contribution in [0.15, 0.2) is 24.3 Å². The van der Waals surface area contributed by atoms with Crippen molar-refractivity contribution in [2.45, 2.75) is 27.3 Å². The van der Waals surface area contributed by atoms with Crippen molar-refractivity contribution in [3.05, 3.63) is 35.4 Å². The maximum absolute atomic E-state index is 12.7. The predicted octanol–water partition coefficient (Wildman–Crippen LogP) is 2.41. The number of nitrogens with zero attached hydrogens (tertiary/aromatic N) is 3. The molecule has 0 bridgehead atoms. The molecule has 2 amide bonds. The smallest absolute Gasteiger partial charge is 0.317 e. The quantitative estimate of drug-likeness (QED) is 0.824. The molecule has 2 rings (SSSR count). The fourth-order valence-electron chi connectivity index (χ4n) is 3.16. The number of benzene rings is 1. The van der Waals surface area contributed by atoms with E-state index in [9.17, 15) is 4.79 Å². The first kappa shape index (κ1) is 19.7. The highest BCUT2D eigenvalue weighted by atomic mass is 16.2. The van der Waals surface area contributed by atoms with Gasteiger partial charge in [0.15, 0.2) is 0 Å². The zero-order chi connectivity index (χ0) is 18.2. The number of nitrogens with one attached hydrogen (secondary N) is 1. The van der Waals surface area contributed by atoms with Crippen molar-refractivity contribution in [3.63, 3.8) is 0 Å².